The third-order valence-electron chi connectivity index (χ3n) is 3.77. The first-order valence-corrected chi connectivity index (χ1v) is 8.25. The van der Waals surface area contributed by atoms with Crippen LogP contribution in [0, 0.1) is 6.92 Å². The van der Waals surface area contributed by atoms with Gasteiger partial charge in [-0.1, -0.05) is 24.3 Å². The van der Waals surface area contributed by atoms with Gasteiger partial charge < -0.3 is 20.1 Å². The minimum absolute atomic E-state index is 0.0348. The molecule has 0 radical (unpaired) electrons. The number of phenols is 3. The van der Waals surface area contributed by atoms with Crippen LogP contribution in [0.1, 0.15) is 27.9 Å². The first-order valence-electron chi connectivity index (χ1n) is 7.74. The van der Waals surface area contributed by atoms with Gasteiger partial charge in [0, 0.05) is 17.5 Å². The lowest BCUT2D eigenvalue weighted by atomic mass is 9.94. The van der Waals surface area contributed by atoms with Gasteiger partial charge in [0.25, 0.3) is 0 Å². The van der Waals surface area contributed by atoms with Crippen LogP contribution in [0.5, 0.6) is 23.0 Å². The molecule has 2 aromatic carbocycles. The molecule has 0 aromatic heterocycles. The van der Waals surface area contributed by atoms with Crippen LogP contribution in [-0.4, -0.2) is 27.7 Å². The predicted octanol–water partition coefficient (Wildman–Crippen LogP) is 3.75. The Morgan fingerprint density at radius 3 is 2.40 bits per heavy atom. The average molecular weight is 360 g/mol. The van der Waals surface area contributed by atoms with E-state index in [1.165, 1.54) is 0 Å². The Balaban J connectivity index is 0.000000269. The van der Waals surface area contributed by atoms with Crippen LogP contribution in [0.3, 0.4) is 0 Å². The van der Waals surface area contributed by atoms with Crippen LogP contribution in [-0.2, 0) is 6.42 Å². The van der Waals surface area contributed by atoms with Crippen molar-refractivity contribution in [3.63, 3.8) is 0 Å². The third-order valence-corrected chi connectivity index (χ3v) is 3.98. The molecular weight excluding hydrogens is 340 g/mol. The SMILES string of the molecule is Cc1c(O)c(C/C=C/S)c2c(c1O)C(=O)CCO2.Oc1ccccc1. The smallest absolute Gasteiger partial charge is 0.173 e. The first-order chi connectivity index (χ1) is 12.0. The Morgan fingerprint density at radius 2 is 1.84 bits per heavy atom. The van der Waals surface area contributed by atoms with Crippen molar-refractivity contribution >= 4 is 18.4 Å². The zero-order valence-corrected chi connectivity index (χ0v) is 14.7. The van der Waals surface area contributed by atoms with Crippen molar-refractivity contribution in [2.75, 3.05) is 6.61 Å². The number of rotatable bonds is 2. The molecule has 3 rings (SSSR count). The Hall–Kier alpha value is -2.60. The van der Waals surface area contributed by atoms with E-state index in [4.69, 9.17) is 9.84 Å². The number of allylic oxidation sites excluding steroid dienone is 1. The lowest BCUT2D eigenvalue weighted by Crippen LogP contribution is -2.17. The molecule has 1 aliphatic rings. The van der Waals surface area contributed by atoms with Crippen LogP contribution in [0.25, 0.3) is 0 Å². The summed E-state index contributed by atoms with van der Waals surface area (Å²) >= 11 is 3.96. The van der Waals surface area contributed by atoms with Crippen LogP contribution in [0.15, 0.2) is 41.8 Å². The van der Waals surface area contributed by atoms with Crippen molar-refractivity contribution in [2.45, 2.75) is 19.8 Å². The number of carbonyl (C=O) groups is 1. The van der Waals surface area contributed by atoms with Gasteiger partial charge in [-0.05, 0) is 30.9 Å². The fraction of sp³-hybridized carbons (Fsp3) is 0.211. The van der Waals surface area contributed by atoms with Gasteiger partial charge in [0.05, 0.1) is 6.61 Å². The van der Waals surface area contributed by atoms with Gasteiger partial charge in [-0.25, -0.2) is 0 Å². The molecule has 1 heterocycles. The summed E-state index contributed by atoms with van der Waals surface area (Å²) in [4.78, 5) is 11.8. The summed E-state index contributed by atoms with van der Waals surface area (Å²) in [5.41, 5.74) is 0.993. The van der Waals surface area contributed by atoms with E-state index in [2.05, 4.69) is 12.6 Å². The second kappa shape index (κ2) is 8.48. The maximum atomic E-state index is 11.8. The summed E-state index contributed by atoms with van der Waals surface area (Å²) in [7, 11) is 0. The highest BCUT2D eigenvalue weighted by atomic mass is 32.1. The molecular formula is C19H20O5S. The highest BCUT2D eigenvalue weighted by Gasteiger charge is 2.29. The Labute approximate surface area is 151 Å². The zero-order valence-electron chi connectivity index (χ0n) is 13.8. The highest BCUT2D eigenvalue weighted by molar-refractivity contribution is 7.83. The Bertz CT molecular complexity index is 784. The summed E-state index contributed by atoms with van der Waals surface area (Å²) in [6.45, 7) is 1.84. The number of hydrogen-bond donors (Lipinski definition) is 4. The van der Waals surface area contributed by atoms with Crippen molar-refractivity contribution in [3.8, 4) is 23.0 Å². The van der Waals surface area contributed by atoms with Crippen molar-refractivity contribution < 1.29 is 24.9 Å². The van der Waals surface area contributed by atoms with Crippen LogP contribution in [0.2, 0.25) is 0 Å². The van der Waals surface area contributed by atoms with Crippen LogP contribution in [0.4, 0.5) is 0 Å². The van der Waals surface area contributed by atoms with Crippen molar-refractivity contribution in [3.05, 3.63) is 58.5 Å². The quantitative estimate of drug-likeness (QED) is 0.613. The normalized spacial score (nSPS) is 13.0. The average Bonchev–Trinajstić information content (AvgIpc) is 2.61. The molecule has 3 N–H and O–H groups in total. The topological polar surface area (TPSA) is 87.0 Å². The molecule has 1 aliphatic heterocycles. The summed E-state index contributed by atoms with van der Waals surface area (Å²) in [5, 5.41) is 30.2. The van der Waals surface area contributed by atoms with E-state index in [0.717, 1.165) is 0 Å². The minimum atomic E-state index is -0.189. The summed E-state index contributed by atoms with van der Waals surface area (Å²) in [5.74, 6) is 0.229. The molecule has 132 valence electrons. The molecule has 0 saturated carbocycles. The number of phenolic OH excluding ortho intramolecular Hbond substituents is 3. The van der Waals surface area contributed by atoms with Gasteiger partial charge in [0.15, 0.2) is 5.78 Å². The number of hydrogen-bond acceptors (Lipinski definition) is 6. The lowest BCUT2D eigenvalue weighted by molar-refractivity contribution is 0.0928. The summed E-state index contributed by atoms with van der Waals surface area (Å²) in [6, 6.07) is 8.71. The third kappa shape index (κ3) is 4.28. The monoisotopic (exact) mass is 360 g/mol. The fourth-order valence-corrected chi connectivity index (χ4v) is 2.57. The first kappa shape index (κ1) is 18.7. The zero-order chi connectivity index (χ0) is 18.4. The van der Waals surface area contributed by atoms with Gasteiger partial charge in [0.2, 0.25) is 0 Å². The number of benzene rings is 2. The number of carbonyl (C=O) groups excluding carboxylic acids is 1. The number of aromatic hydroxyl groups is 3. The number of ketones is 1. The molecule has 0 unspecified atom stereocenters. The number of para-hydroxylation sites is 1. The molecule has 5 nitrogen and oxygen atoms in total. The second-order valence-corrected chi connectivity index (χ2v) is 5.75. The largest absolute Gasteiger partial charge is 0.508 e. The van der Waals surface area contributed by atoms with Crippen molar-refractivity contribution in [2.24, 2.45) is 0 Å². The Kier molecular flexibility index (Phi) is 6.36. The van der Waals surface area contributed by atoms with E-state index in [-0.39, 0.29) is 35.9 Å². The van der Waals surface area contributed by atoms with E-state index in [9.17, 15) is 15.0 Å². The maximum absolute atomic E-state index is 11.8. The Morgan fingerprint density at radius 1 is 1.16 bits per heavy atom. The minimum Gasteiger partial charge on any atom is -0.508 e. The van der Waals surface area contributed by atoms with E-state index >= 15 is 0 Å². The second-order valence-electron chi connectivity index (χ2n) is 5.45. The molecule has 0 aliphatic carbocycles. The molecule has 0 fully saturated rings. The predicted molar refractivity (Wildman–Crippen MR) is 98.9 cm³/mol. The fourth-order valence-electron chi connectivity index (χ4n) is 2.47. The highest BCUT2D eigenvalue weighted by Crippen LogP contribution is 2.44. The van der Waals surface area contributed by atoms with Gasteiger partial charge in [-0.15, -0.1) is 0 Å². The number of Topliss-reactive ketones (excluding diaryl/α,β-unsaturated/α-hetero) is 1. The van der Waals surface area contributed by atoms with E-state index in [0.29, 0.717) is 29.0 Å². The molecule has 0 bridgehead atoms. The lowest BCUT2D eigenvalue weighted by Gasteiger charge is -2.22. The molecule has 0 atom stereocenters. The van der Waals surface area contributed by atoms with Gasteiger partial charge in [-0.3, -0.25) is 4.79 Å². The number of ether oxygens (including phenoxy) is 1. The maximum Gasteiger partial charge on any atom is 0.173 e. The van der Waals surface area contributed by atoms with Crippen molar-refractivity contribution in [1.82, 2.24) is 0 Å². The van der Waals surface area contributed by atoms with E-state index in [1.54, 1.807) is 42.7 Å². The molecule has 0 amide bonds. The molecule has 6 heteroatoms. The van der Waals surface area contributed by atoms with Gasteiger partial charge >= 0.3 is 0 Å². The molecule has 25 heavy (non-hydrogen) atoms. The number of fused-ring (bicyclic) bond motifs is 1. The van der Waals surface area contributed by atoms with E-state index < -0.39 is 0 Å². The van der Waals surface area contributed by atoms with Crippen LogP contribution < -0.4 is 4.74 Å². The molecule has 0 spiro atoms. The van der Waals surface area contributed by atoms with Gasteiger partial charge in [-0.2, -0.15) is 12.6 Å². The van der Waals surface area contributed by atoms with Gasteiger partial charge in [0.1, 0.15) is 28.6 Å². The van der Waals surface area contributed by atoms with E-state index in [1.807, 2.05) is 6.07 Å². The standard InChI is InChI=1S/C13H14O4S.C6H6O/c1-7-11(15)8(3-2-6-18)13-10(12(7)16)9(14)4-5-17-13;7-6-4-2-1-3-5-6/h2,6,15-16,18H,3-5H2,1H3;1-5,7H/b6-2+;. The van der Waals surface area contributed by atoms with Crippen LogP contribution >= 0.6 is 12.6 Å². The molecule has 0 saturated heterocycles. The summed E-state index contributed by atoms with van der Waals surface area (Å²) < 4.78 is 5.44. The summed E-state index contributed by atoms with van der Waals surface area (Å²) in [6.07, 6.45) is 2.37. The molecule has 2 aromatic rings. The number of thiol groups is 1. The van der Waals surface area contributed by atoms with Crippen molar-refractivity contribution in [1.29, 1.82) is 0 Å².